The van der Waals surface area contributed by atoms with E-state index in [1.807, 2.05) is 0 Å². The summed E-state index contributed by atoms with van der Waals surface area (Å²) < 4.78 is 10.5. The van der Waals surface area contributed by atoms with E-state index >= 15 is 0 Å². The maximum absolute atomic E-state index is 5.55. The van der Waals surface area contributed by atoms with E-state index in [0.29, 0.717) is 6.04 Å². The minimum absolute atomic E-state index is 0.677. The SMILES string of the molecule is COCCCOCCC1CC(C)CCN1. The summed E-state index contributed by atoms with van der Waals surface area (Å²) in [5.74, 6) is 0.879. The molecule has 0 spiro atoms. The van der Waals surface area contributed by atoms with Crippen LogP contribution in [0.1, 0.15) is 32.6 Å². The lowest BCUT2D eigenvalue weighted by atomic mass is 9.93. The van der Waals surface area contributed by atoms with E-state index in [4.69, 9.17) is 9.47 Å². The summed E-state index contributed by atoms with van der Waals surface area (Å²) >= 11 is 0. The summed E-state index contributed by atoms with van der Waals surface area (Å²) in [4.78, 5) is 0. The fourth-order valence-corrected chi connectivity index (χ4v) is 2.07. The quantitative estimate of drug-likeness (QED) is 0.657. The molecule has 1 aliphatic heterocycles. The Kier molecular flexibility index (Phi) is 6.98. The van der Waals surface area contributed by atoms with Gasteiger partial charge in [0.1, 0.15) is 0 Å². The van der Waals surface area contributed by atoms with Crippen molar-refractivity contribution in [1.29, 1.82) is 0 Å². The second-order valence-corrected chi connectivity index (χ2v) is 4.53. The van der Waals surface area contributed by atoms with Crippen LogP contribution in [0.2, 0.25) is 0 Å². The minimum atomic E-state index is 0.677. The van der Waals surface area contributed by atoms with Gasteiger partial charge in [0.2, 0.25) is 0 Å². The number of piperidine rings is 1. The van der Waals surface area contributed by atoms with Crippen molar-refractivity contribution in [2.24, 2.45) is 5.92 Å². The Labute approximate surface area is 93.5 Å². The Bertz CT molecular complexity index is 153. The number of hydrogen-bond donors (Lipinski definition) is 1. The average Bonchev–Trinajstić information content (AvgIpc) is 2.23. The third kappa shape index (κ3) is 6.13. The smallest absolute Gasteiger partial charge is 0.0487 e. The number of rotatable bonds is 7. The molecule has 0 bridgehead atoms. The second-order valence-electron chi connectivity index (χ2n) is 4.53. The standard InChI is InChI=1S/C12H25NO2/c1-11-4-6-13-12(10-11)5-9-15-8-3-7-14-2/h11-13H,3-10H2,1-2H3. The molecule has 1 aliphatic rings. The molecule has 1 rings (SSSR count). The topological polar surface area (TPSA) is 30.5 Å². The molecule has 3 nitrogen and oxygen atoms in total. The van der Waals surface area contributed by atoms with Crippen molar-refractivity contribution in [2.45, 2.75) is 38.6 Å². The van der Waals surface area contributed by atoms with Crippen LogP contribution in [0.3, 0.4) is 0 Å². The molecule has 2 atom stereocenters. The van der Waals surface area contributed by atoms with Crippen LogP contribution in [0.5, 0.6) is 0 Å². The van der Waals surface area contributed by atoms with Gasteiger partial charge in [-0.2, -0.15) is 0 Å². The van der Waals surface area contributed by atoms with Gasteiger partial charge in [0, 0.05) is 33.0 Å². The molecule has 3 heteroatoms. The van der Waals surface area contributed by atoms with Gasteiger partial charge in [-0.3, -0.25) is 0 Å². The third-order valence-electron chi connectivity index (χ3n) is 3.00. The lowest BCUT2D eigenvalue weighted by Gasteiger charge is -2.28. The van der Waals surface area contributed by atoms with E-state index in [1.54, 1.807) is 7.11 Å². The first-order valence-corrected chi connectivity index (χ1v) is 6.13. The fraction of sp³-hybridized carbons (Fsp3) is 1.00. The predicted octanol–water partition coefficient (Wildman–Crippen LogP) is 1.82. The minimum Gasteiger partial charge on any atom is -0.385 e. The van der Waals surface area contributed by atoms with E-state index in [9.17, 15) is 0 Å². The van der Waals surface area contributed by atoms with Crippen LogP contribution in [0.4, 0.5) is 0 Å². The van der Waals surface area contributed by atoms with Crippen LogP contribution in [0.15, 0.2) is 0 Å². The molecule has 2 unspecified atom stereocenters. The highest BCUT2D eigenvalue weighted by Crippen LogP contribution is 2.16. The van der Waals surface area contributed by atoms with Crippen molar-refractivity contribution >= 4 is 0 Å². The van der Waals surface area contributed by atoms with Gasteiger partial charge in [-0.05, 0) is 38.1 Å². The summed E-state index contributed by atoms with van der Waals surface area (Å²) in [6, 6.07) is 0.677. The molecule has 1 saturated heterocycles. The van der Waals surface area contributed by atoms with Gasteiger partial charge in [-0.1, -0.05) is 6.92 Å². The molecule has 0 aromatic heterocycles. The Hall–Kier alpha value is -0.120. The van der Waals surface area contributed by atoms with Gasteiger partial charge in [-0.15, -0.1) is 0 Å². The number of nitrogens with one attached hydrogen (secondary N) is 1. The molecule has 1 N–H and O–H groups in total. The first-order chi connectivity index (χ1) is 7.33. The Morgan fingerprint density at radius 1 is 1.27 bits per heavy atom. The van der Waals surface area contributed by atoms with Crippen LogP contribution in [0, 0.1) is 5.92 Å². The van der Waals surface area contributed by atoms with Crippen LogP contribution in [0.25, 0.3) is 0 Å². The monoisotopic (exact) mass is 215 g/mol. The lowest BCUT2D eigenvalue weighted by Crippen LogP contribution is -2.38. The van der Waals surface area contributed by atoms with E-state index in [-0.39, 0.29) is 0 Å². The van der Waals surface area contributed by atoms with Gasteiger partial charge in [-0.25, -0.2) is 0 Å². The summed E-state index contributed by atoms with van der Waals surface area (Å²) in [6.07, 6.45) is 4.79. The largest absolute Gasteiger partial charge is 0.385 e. The molecule has 1 heterocycles. The molecule has 90 valence electrons. The van der Waals surface area contributed by atoms with Crippen LogP contribution < -0.4 is 5.32 Å². The molecule has 0 aromatic carbocycles. The zero-order valence-corrected chi connectivity index (χ0v) is 10.1. The predicted molar refractivity (Wildman–Crippen MR) is 62.1 cm³/mol. The molecule has 0 aliphatic carbocycles. The first-order valence-electron chi connectivity index (χ1n) is 6.13. The van der Waals surface area contributed by atoms with Crippen LogP contribution in [-0.4, -0.2) is 39.5 Å². The highest BCUT2D eigenvalue weighted by Gasteiger charge is 2.17. The van der Waals surface area contributed by atoms with Crippen molar-refractivity contribution in [3.05, 3.63) is 0 Å². The van der Waals surface area contributed by atoms with Gasteiger partial charge in [0.05, 0.1) is 0 Å². The van der Waals surface area contributed by atoms with E-state index < -0.39 is 0 Å². The van der Waals surface area contributed by atoms with Crippen LogP contribution >= 0.6 is 0 Å². The van der Waals surface area contributed by atoms with Crippen molar-refractivity contribution < 1.29 is 9.47 Å². The molecule has 1 fully saturated rings. The van der Waals surface area contributed by atoms with Crippen LogP contribution in [-0.2, 0) is 9.47 Å². The molecular formula is C12H25NO2. The molecule has 0 saturated carbocycles. The fourth-order valence-electron chi connectivity index (χ4n) is 2.07. The summed E-state index contributed by atoms with van der Waals surface area (Å²) in [5, 5.41) is 3.55. The van der Waals surface area contributed by atoms with Crippen molar-refractivity contribution in [2.75, 3.05) is 33.5 Å². The Morgan fingerprint density at radius 2 is 2.13 bits per heavy atom. The highest BCUT2D eigenvalue weighted by atomic mass is 16.5. The Balaban J connectivity index is 1.90. The van der Waals surface area contributed by atoms with Crippen molar-refractivity contribution in [3.8, 4) is 0 Å². The second kappa shape index (κ2) is 8.08. The molecule has 15 heavy (non-hydrogen) atoms. The van der Waals surface area contributed by atoms with E-state index in [0.717, 1.165) is 38.6 Å². The zero-order valence-electron chi connectivity index (χ0n) is 10.1. The molecule has 0 aromatic rings. The van der Waals surface area contributed by atoms with E-state index in [2.05, 4.69) is 12.2 Å². The normalized spacial score (nSPS) is 26.8. The van der Waals surface area contributed by atoms with Gasteiger partial charge < -0.3 is 14.8 Å². The van der Waals surface area contributed by atoms with Crippen molar-refractivity contribution in [3.63, 3.8) is 0 Å². The zero-order chi connectivity index (χ0) is 10.9. The maximum Gasteiger partial charge on any atom is 0.0487 e. The summed E-state index contributed by atoms with van der Waals surface area (Å²) in [5.41, 5.74) is 0. The molecular weight excluding hydrogens is 190 g/mol. The van der Waals surface area contributed by atoms with E-state index in [1.165, 1.54) is 19.4 Å². The lowest BCUT2D eigenvalue weighted by molar-refractivity contribution is 0.0929. The average molecular weight is 215 g/mol. The highest BCUT2D eigenvalue weighted by molar-refractivity contribution is 4.75. The van der Waals surface area contributed by atoms with Gasteiger partial charge in [0.15, 0.2) is 0 Å². The van der Waals surface area contributed by atoms with Gasteiger partial charge >= 0.3 is 0 Å². The van der Waals surface area contributed by atoms with Gasteiger partial charge in [0.25, 0.3) is 0 Å². The summed E-state index contributed by atoms with van der Waals surface area (Å²) in [7, 11) is 1.73. The number of ether oxygens (including phenoxy) is 2. The van der Waals surface area contributed by atoms with Crippen molar-refractivity contribution in [1.82, 2.24) is 5.32 Å². The molecule has 0 radical (unpaired) electrons. The third-order valence-corrected chi connectivity index (χ3v) is 3.00. The summed E-state index contributed by atoms with van der Waals surface area (Å²) in [6.45, 7) is 6.03. The molecule has 0 amide bonds. The first kappa shape index (κ1) is 12.9. The number of methoxy groups -OCH3 is 1. The maximum atomic E-state index is 5.55. The number of hydrogen-bond acceptors (Lipinski definition) is 3. The Morgan fingerprint density at radius 3 is 2.87 bits per heavy atom.